The van der Waals surface area contributed by atoms with Gasteiger partial charge in [-0.1, -0.05) is 11.8 Å². The minimum absolute atomic E-state index is 0.0765. The number of alkyl halides is 3. The lowest BCUT2D eigenvalue weighted by atomic mass is 10.2. The molecule has 0 N–H and O–H groups in total. The van der Waals surface area contributed by atoms with Gasteiger partial charge < -0.3 is 4.42 Å². The van der Waals surface area contributed by atoms with Crippen LogP contribution in [0.2, 0.25) is 0 Å². The van der Waals surface area contributed by atoms with E-state index in [1.165, 1.54) is 24.3 Å². The summed E-state index contributed by atoms with van der Waals surface area (Å²) in [6.45, 7) is 1.65. The zero-order valence-electron chi connectivity index (χ0n) is 13.5. The second kappa shape index (κ2) is 7.31. The van der Waals surface area contributed by atoms with Gasteiger partial charge in [0, 0.05) is 23.9 Å². The van der Waals surface area contributed by atoms with Crippen LogP contribution < -0.4 is 0 Å². The van der Waals surface area contributed by atoms with Crippen molar-refractivity contribution in [3.05, 3.63) is 58.2 Å². The average molecular weight is 397 g/mol. The van der Waals surface area contributed by atoms with Gasteiger partial charge >= 0.3 is 6.18 Å². The Hall–Kier alpha value is -3.02. The van der Waals surface area contributed by atoms with Gasteiger partial charge in [0.25, 0.3) is 5.69 Å². The number of hydrogen-bond acceptors (Lipinski definition) is 8. The third-order valence-electron chi connectivity index (χ3n) is 3.32. The van der Waals surface area contributed by atoms with Crippen LogP contribution in [0, 0.1) is 10.1 Å². The van der Waals surface area contributed by atoms with Crippen molar-refractivity contribution >= 4 is 17.4 Å². The Morgan fingerprint density at radius 3 is 2.52 bits per heavy atom. The fraction of sp³-hybridized carbons (Fsp3) is 0.200. The lowest BCUT2D eigenvalue weighted by molar-refractivity contribution is -0.384. The Kier molecular flexibility index (Phi) is 5.08. The first-order chi connectivity index (χ1) is 12.7. The molecule has 3 aromatic rings. The van der Waals surface area contributed by atoms with Gasteiger partial charge in [0.2, 0.25) is 11.8 Å². The van der Waals surface area contributed by atoms with E-state index in [9.17, 15) is 23.3 Å². The molecule has 0 aliphatic carbocycles. The second-order valence-electron chi connectivity index (χ2n) is 5.23. The molecule has 0 saturated carbocycles. The summed E-state index contributed by atoms with van der Waals surface area (Å²) in [6, 6.07) is 6.31. The fourth-order valence-corrected chi connectivity index (χ4v) is 2.79. The zero-order chi connectivity index (χ0) is 19.6. The Bertz CT molecular complexity index is 962. The molecular weight excluding hydrogens is 387 g/mol. The van der Waals surface area contributed by atoms with Crippen LogP contribution >= 0.6 is 11.8 Å². The summed E-state index contributed by atoms with van der Waals surface area (Å²) in [5.41, 5.74) is -0.639. The third kappa shape index (κ3) is 4.39. The van der Waals surface area contributed by atoms with Crippen molar-refractivity contribution in [2.24, 2.45) is 0 Å². The Morgan fingerprint density at radius 2 is 1.89 bits per heavy atom. The van der Waals surface area contributed by atoms with Crippen LogP contribution in [0.3, 0.4) is 0 Å². The number of thioether (sulfide) groups is 1. The van der Waals surface area contributed by atoms with Crippen molar-refractivity contribution < 1.29 is 22.5 Å². The van der Waals surface area contributed by atoms with E-state index in [2.05, 4.69) is 20.2 Å². The molecule has 0 bridgehead atoms. The number of aromatic nitrogens is 4. The second-order valence-corrected chi connectivity index (χ2v) is 6.54. The van der Waals surface area contributed by atoms with Gasteiger partial charge in [-0.3, -0.25) is 10.1 Å². The number of nitro groups is 1. The lowest BCUT2D eigenvalue weighted by Gasteiger charge is -2.08. The maximum atomic E-state index is 12.7. The predicted octanol–water partition coefficient (Wildman–Crippen LogP) is 4.31. The Balaban J connectivity index is 1.75. The van der Waals surface area contributed by atoms with E-state index in [0.717, 1.165) is 24.0 Å². The van der Waals surface area contributed by atoms with E-state index in [-0.39, 0.29) is 22.6 Å². The highest BCUT2D eigenvalue weighted by Gasteiger charge is 2.33. The SMILES string of the molecule is CC(Sc1nccc(C(F)(F)F)n1)c1nnc(-c2ccc([N+](=O)[O-])cc2)o1. The molecule has 0 fully saturated rings. The van der Waals surface area contributed by atoms with Crippen LogP contribution in [0.4, 0.5) is 18.9 Å². The first-order valence-electron chi connectivity index (χ1n) is 7.39. The van der Waals surface area contributed by atoms with E-state index in [4.69, 9.17) is 4.42 Å². The average Bonchev–Trinajstić information content (AvgIpc) is 3.11. The summed E-state index contributed by atoms with van der Waals surface area (Å²) in [5, 5.41) is 17.8. The van der Waals surface area contributed by atoms with Crippen LogP contribution in [0.1, 0.15) is 23.8 Å². The first-order valence-corrected chi connectivity index (χ1v) is 8.27. The Labute approximate surface area is 154 Å². The molecular formula is C15H10F3N5O3S. The molecule has 1 aromatic carbocycles. The fourth-order valence-electron chi connectivity index (χ4n) is 2.01. The van der Waals surface area contributed by atoms with Crippen molar-refractivity contribution in [1.29, 1.82) is 0 Å². The molecule has 12 heteroatoms. The van der Waals surface area contributed by atoms with E-state index in [0.29, 0.717) is 5.56 Å². The monoisotopic (exact) mass is 397 g/mol. The molecule has 0 aliphatic rings. The number of nitrogens with zero attached hydrogens (tertiary/aromatic N) is 5. The zero-order valence-corrected chi connectivity index (χ0v) is 14.4. The number of non-ortho nitro benzene ring substituents is 1. The predicted molar refractivity (Wildman–Crippen MR) is 87.7 cm³/mol. The van der Waals surface area contributed by atoms with Crippen molar-refractivity contribution in [2.75, 3.05) is 0 Å². The highest BCUT2D eigenvalue weighted by Crippen LogP contribution is 2.35. The summed E-state index contributed by atoms with van der Waals surface area (Å²) >= 11 is 0.934. The molecule has 1 atom stereocenters. The van der Waals surface area contributed by atoms with E-state index < -0.39 is 22.0 Å². The maximum Gasteiger partial charge on any atom is 0.433 e. The highest BCUT2D eigenvalue weighted by atomic mass is 32.2. The normalized spacial score (nSPS) is 12.7. The molecule has 140 valence electrons. The maximum absolute atomic E-state index is 12.7. The molecule has 0 radical (unpaired) electrons. The van der Waals surface area contributed by atoms with Crippen LogP contribution in [-0.4, -0.2) is 25.1 Å². The quantitative estimate of drug-likeness (QED) is 0.271. The summed E-state index contributed by atoms with van der Waals surface area (Å²) in [4.78, 5) is 17.4. The van der Waals surface area contributed by atoms with Crippen molar-refractivity contribution in [3.63, 3.8) is 0 Å². The summed E-state index contributed by atoms with van der Waals surface area (Å²) in [6.07, 6.45) is -3.53. The molecule has 0 aliphatic heterocycles. The number of nitro benzene ring substituents is 1. The van der Waals surface area contributed by atoms with E-state index >= 15 is 0 Å². The van der Waals surface area contributed by atoms with Crippen LogP contribution in [-0.2, 0) is 6.18 Å². The molecule has 8 nitrogen and oxygen atoms in total. The summed E-state index contributed by atoms with van der Waals surface area (Å²) in [7, 11) is 0. The van der Waals surface area contributed by atoms with Gasteiger partial charge in [-0.25, -0.2) is 9.97 Å². The number of benzene rings is 1. The standard InChI is InChI=1S/C15H10F3N5O3S/c1-8(27-14-19-7-6-11(20-14)15(16,17)18)12-21-22-13(26-12)9-2-4-10(5-3-9)23(24)25/h2-8H,1H3. The minimum atomic E-state index is -4.56. The smallest absolute Gasteiger partial charge is 0.419 e. The van der Waals surface area contributed by atoms with Crippen molar-refractivity contribution in [2.45, 2.75) is 23.5 Å². The molecule has 27 heavy (non-hydrogen) atoms. The lowest BCUT2D eigenvalue weighted by Crippen LogP contribution is -2.09. The summed E-state index contributed by atoms with van der Waals surface area (Å²) < 4.78 is 43.7. The molecule has 2 heterocycles. The molecule has 2 aromatic heterocycles. The Morgan fingerprint density at radius 1 is 1.19 bits per heavy atom. The van der Waals surface area contributed by atoms with Crippen molar-refractivity contribution in [3.8, 4) is 11.5 Å². The van der Waals surface area contributed by atoms with Crippen LogP contribution in [0.25, 0.3) is 11.5 Å². The van der Waals surface area contributed by atoms with Crippen molar-refractivity contribution in [1.82, 2.24) is 20.2 Å². The third-order valence-corrected chi connectivity index (χ3v) is 4.28. The van der Waals surface area contributed by atoms with Gasteiger partial charge in [-0.05, 0) is 25.1 Å². The van der Waals surface area contributed by atoms with E-state index in [1.54, 1.807) is 6.92 Å². The van der Waals surface area contributed by atoms with Crippen LogP contribution in [0.15, 0.2) is 46.1 Å². The largest absolute Gasteiger partial charge is 0.433 e. The molecule has 1 unspecified atom stereocenters. The first kappa shape index (κ1) is 18.8. The number of halogens is 3. The van der Waals surface area contributed by atoms with Gasteiger partial charge in [-0.2, -0.15) is 13.2 Å². The number of rotatable bonds is 5. The van der Waals surface area contributed by atoms with E-state index in [1.807, 2.05) is 0 Å². The molecule has 3 rings (SSSR count). The van der Waals surface area contributed by atoms with Gasteiger partial charge in [0.05, 0.1) is 10.2 Å². The molecule has 0 spiro atoms. The topological polar surface area (TPSA) is 108 Å². The summed E-state index contributed by atoms with van der Waals surface area (Å²) in [5.74, 6) is 0.298. The van der Waals surface area contributed by atoms with Crippen LogP contribution in [0.5, 0.6) is 0 Å². The van der Waals surface area contributed by atoms with Gasteiger partial charge in [-0.15, -0.1) is 10.2 Å². The highest BCUT2D eigenvalue weighted by molar-refractivity contribution is 7.99. The minimum Gasteiger partial charge on any atom is -0.419 e. The number of hydrogen-bond donors (Lipinski definition) is 0. The van der Waals surface area contributed by atoms with Gasteiger partial charge in [0.1, 0.15) is 5.69 Å². The molecule has 0 amide bonds. The molecule has 0 saturated heterocycles. The van der Waals surface area contributed by atoms with Gasteiger partial charge in [0.15, 0.2) is 5.16 Å².